The van der Waals surface area contributed by atoms with Crippen molar-refractivity contribution in [2.75, 3.05) is 20.8 Å². The monoisotopic (exact) mass is 461 g/mol. The van der Waals surface area contributed by atoms with E-state index >= 15 is 0 Å². The van der Waals surface area contributed by atoms with Crippen molar-refractivity contribution >= 4 is 5.91 Å². The molecule has 1 spiro atoms. The summed E-state index contributed by atoms with van der Waals surface area (Å²) < 4.78 is 17.6. The molecule has 4 fully saturated rings. The number of benzene rings is 2. The molecule has 0 aromatic heterocycles. The van der Waals surface area contributed by atoms with E-state index in [0.717, 1.165) is 30.9 Å². The summed E-state index contributed by atoms with van der Waals surface area (Å²) in [6.45, 7) is 7.28. The number of fused-ring (bicyclic) bond motifs is 1. The summed E-state index contributed by atoms with van der Waals surface area (Å²) in [6, 6.07) is 16.9. The van der Waals surface area contributed by atoms with Crippen LogP contribution in [0, 0.1) is 22.2 Å². The molecule has 5 nitrogen and oxygen atoms in total. The number of nitrogens with zero attached hydrogens (tertiary/aromatic N) is 1. The highest BCUT2D eigenvalue weighted by molar-refractivity contribution is 5.76. The maximum atomic E-state index is 13.5. The van der Waals surface area contributed by atoms with Crippen molar-refractivity contribution in [2.24, 2.45) is 22.2 Å². The summed E-state index contributed by atoms with van der Waals surface area (Å²) >= 11 is 0. The molecule has 1 amide bonds. The lowest BCUT2D eigenvalue weighted by molar-refractivity contribution is -0.164. The molecule has 6 atom stereocenters. The highest BCUT2D eigenvalue weighted by Crippen LogP contribution is 2.85. The average molecular weight is 462 g/mol. The van der Waals surface area contributed by atoms with E-state index in [1.165, 1.54) is 17.5 Å². The molecule has 34 heavy (non-hydrogen) atoms. The molecule has 2 saturated heterocycles. The molecule has 4 aliphatic rings. The topological polar surface area (TPSA) is 48.0 Å². The standard InChI is InChI=1S/C29H35NO4/c1-18(31)30-24(19-6-10-22(32-4)11-7-19)29-17-21-16-28(29,26(30)27(21,2)3)14-15-34-25(29)20-8-12-23(33-5)13-9-20/h6-13,21,24-26H,14-17H2,1-5H3/t21-,24+,25-,26+,28-,29+/m0/s1. The first-order valence-corrected chi connectivity index (χ1v) is 12.5. The summed E-state index contributed by atoms with van der Waals surface area (Å²) in [5, 5.41) is 0. The zero-order valence-corrected chi connectivity index (χ0v) is 20.8. The van der Waals surface area contributed by atoms with Crippen LogP contribution in [-0.2, 0) is 9.53 Å². The Morgan fingerprint density at radius 3 is 2.09 bits per heavy atom. The van der Waals surface area contributed by atoms with Gasteiger partial charge in [0.2, 0.25) is 5.91 Å². The Morgan fingerprint density at radius 2 is 1.53 bits per heavy atom. The van der Waals surface area contributed by atoms with Crippen LogP contribution in [0.2, 0.25) is 0 Å². The van der Waals surface area contributed by atoms with Crippen molar-refractivity contribution in [1.82, 2.24) is 4.90 Å². The second-order valence-electron chi connectivity index (χ2n) is 11.4. The lowest BCUT2D eigenvalue weighted by Gasteiger charge is -2.55. The van der Waals surface area contributed by atoms with Crippen LogP contribution in [0.3, 0.4) is 0 Å². The van der Waals surface area contributed by atoms with Gasteiger partial charge in [0.05, 0.1) is 26.4 Å². The molecular formula is C29H35NO4. The fourth-order valence-corrected chi connectivity index (χ4v) is 8.82. The Balaban J connectivity index is 1.59. The molecule has 2 aromatic rings. The molecule has 6 rings (SSSR count). The lowest BCUT2D eigenvalue weighted by atomic mass is 9.51. The minimum absolute atomic E-state index is 0.0277. The first-order valence-electron chi connectivity index (χ1n) is 12.5. The Labute approximate surface area is 202 Å². The first-order chi connectivity index (χ1) is 16.3. The van der Waals surface area contributed by atoms with Crippen molar-refractivity contribution in [3.05, 3.63) is 59.7 Å². The molecule has 5 heteroatoms. The maximum absolute atomic E-state index is 13.5. The molecule has 0 N–H and O–H groups in total. The normalized spacial score (nSPS) is 36.9. The van der Waals surface area contributed by atoms with Gasteiger partial charge < -0.3 is 19.1 Å². The number of hydrogen-bond donors (Lipinski definition) is 0. The van der Waals surface area contributed by atoms with Crippen LogP contribution in [-0.4, -0.2) is 37.7 Å². The summed E-state index contributed by atoms with van der Waals surface area (Å²) in [7, 11) is 3.39. The fourth-order valence-electron chi connectivity index (χ4n) is 8.82. The minimum atomic E-state index is -0.162. The van der Waals surface area contributed by atoms with Gasteiger partial charge in [-0.3, -0.25) is 4.79 Å². The number of hydrogen-bond acceptors (Lipinski definition) is 4. The van der Waals surface area contributed by atoms with Gasteiger partial charge >= 0.3 is 0 Å². The second kappa shape index (κ2) is 7.24. The van der Waals surface area contributed by atoms with Crippen molar-refractivity contribution in [3.8, 4) is 11.5 Å². The van der Waals surface area contributed by atoms with Crippen LogP contribution in [0.5, 0.6) is 11.5 Å². The lowest BCUT2D eigenvalue weighted by Crippen LogP contribution is -2.55. The summed E-state index contributed by atoms with van der Waals surface area (Å²) in [6.07, 6.45) is 3.21. The van der Waals surface area contributed by atoms with E-state index < -0.39 is 0 Å². The van der Waals surface area contributed by atoms with E-state index in [-0.39, 0.29) is 40.3 Å². The van der Waals surface area contributed by atoms with Gasteiger partial charge in [0.1, 0.15) is 11.5 Å². The van der Waals surface area contributed by atoms with E-state index in [1.54, 1.807) is 21.1 Å². The van der Waals surface area contributed by atoms with Gasteiger partial charge in [-0.25, -0.2) is 0 Å². The summed E-state index contributed by atoms with van der Waals surface area (Å²) in [5.74, 6) is 2.43. The van der Waals surface area contributed by atoms with Gasteiger partial charge in [-0.1, -0.05) is 38.1 Å². The summed E-state index contributed by atoms with van der Waals surface area (Å²) in [4.78, 5) is 15.7. The van der Waals surface area contributed by atoms with Gasteiger partial charge in [0.25, 0.3) is 0 Å². The number of amides is 1. The van der Waals surface area contributed by atoms with Crippen molar-refractivity contribution < 1.29 is 19.0 Å². The van der Waals surface area contributed by atoms with Gasteiger partial charge in [-0.2, -0.15) is 0 Å². The van der Waals surface area contributed by atoms with Gasteiger partial charge in [-0.15, -0.1) is 0 Å². The van der Waals surface area contributed by atoms with Crippen molar-refractivity contribution in [3.63, 3.8) is 0 Å². The van der Waals surface area contributed by atoms with E-state index in [2.05, 4.69) is 43.0 Å². The van der Waals surface area contributed by atoms with Crippen LogP contribution in [0.15, 0.2) is 48.5 Å². The van der Waals surface area contributed by atoms with Crippen LogP contribution in [0.4, 0.5) is 0 Å². The second-order valence-corrected chi connectivity index (χ2v) is 11.4. The third-order valence-corrected chi connectivity index (χ3v) is 9.96. The largest absolute Gasteiger partial charge is 0.497 e. The zero-order valence-electron chi connectivity index (χ0n) is 20.8. The van der Waals surface area contributed by atoms with Crippen LogP contribution in [0.1, 0.15) is 63.3 Å². The van der Waals surface area contributed by atoms with Crippen molar-refractivity contribution in [2.45, 2.75) is 58.2 Å². The molecule has 2 aliphatic heterocycles. The van der Waals surface area contributed by atoms with Crippen LogP contribution < -0.4 is 9.47 Å². The fraction of sp³-hybridized carbons (Fsp3) is 0.552. The zero-order chi connectivity index (χ0) is 23.9. The quantitative estimate of drug-likeness (QED) is 0.598. The first kappa shape index (κ1) is 22.0. The minimum Gasteiger partial charge on any atom is -0.497 e. The SMILES string of the molecule is COc1ccc([C@@H]2OCC[C@@]34C[C@H]5C[C@@]23[C@@H](c2ccc(OC)cc2)N(C(C)=O)[C@@H]4C5(C)C)cc1. The van der Waals surface area contributed by atoms with E-state index in [1.807, 2.05) is 24.3 Å². The Kier molecular flexibility index (Phi) is 4.68. The molecular weight excluding hydrogens is 426 g/mol. The van der Waals surface area contributed by atoms with Gasteiger partial charge in [0, 0.05) is 30.4 Å². The molecule has 2 saturated carbocycles. The highest BCUT2D eigenvalue weighted by atomic mass is 16.5. The maximum Gasteiger partial charge on any atom is 0.220 e. The number of carbonyl (C=O) groups is 1. The third-order valence-electron chi connectivity index (χ3n) is 9.96. The third kappa shape index (κ3) is 2.51. The Morgan fingerprint density at radius 1 is 0.941 bits per heavy atom. The number of likely N-dealkylation sites (tertiary alicyclic amines) is 1. The Bertz CT molecular complexity index is 1110. The molecule has 2 aromatic carbocycles. The molecule has 0 radical (unpaired) electrons. The smallest absolute Gasteiger partial charge is 0.220 e. The number of ether oxygens (including phenoxy) is 3. The van der Waals surface area contributed by atoms with Crippen molar-refractivity contribution in [1.29, 1.82) is 0 Å². The molecule has 2 heterocycles. The van der Waals surface area contributed by atoms with Crippen LogP contribution >= 0.6 is 0 Å². The molecule has 2 aliphatic carbocycles. The number of rotatable bonds is 4. The van der Waals surface area contributed by atoms with E-state index in [9.17, 15) is 4.79 Å². The number of carbonyl (C=O) groups excluding carboxylic acids is 1. The predicted molar refractivity (Wildman–Crippen MR) is 130 cm³/mol. The van der Waals surface area contributed by atoms with Crippen LogP contribution in [0.25, 0.3) is 0 Å². The van der Waals surface area contributed by atoms with Gasteiger partial charge in [0.15, 0.2) is 0 Å². The average Bonchev–Trinajstić information content (AvgIpc) is 3.38. The molecule has 0 unspecified atom stereocenters. The highest BCUT2D eigenvalue weighted by Gasteiger charge is 2.83. The summed E-state index contributed by atoms with van der Waals surface area (Å²) in [5.41, 5.74) is 2.35. The molecule has 2 bridgehead atoms. The van der Waals surface area contributed by atoms with Gasteiger partial charge in [-0.05, 0) is 66.0 Å². The number of methoxy groups -OCH3 is 2. The van der Waals surface area contributed by atoms with E-state index in [0.29, 0.717) is 5.92 Å². The molecule has 180 valence electrons. The Hall–Kier alpha value is -2.53. The predicted octanol–water partition coefficient (Wildman–Crippen LogP) is 5.56. The van der Waals surface area contributed by atoms with E-state index in [4.69, 9.17) is 14.2 Å².